The number of nitrogens with zero attached hydrogens (tertiary/aromatic N) is 1. The number of amides is 2. The van der Waals surface area contributed by atoms with Crippen molar-refractivity contribution in [2.24, 2.45) is 5.10 Å². The van der Waals surface area contributed by atoms with Crippen molar-refractivity contribution in [1.29, 1.82) is 0 Å². The Hall–Kier alpha value is -3.87. The highest BCUT2D eigenvalue weighted by Gasteiger charge is 2.10. The Morgan fingerprint density at radius 1 is 0.963 bits per heavy atom. The zero-order valence-electron chi connectivity index (χ0n) is 14.5. The Morgan fingerprint density at radius 3 is 2.30 bits per heavy atom. The first-order valence-corrected chi connectivity index (χ1v) is 8.13. The fourth-order valence-corrected chi connectivity index (χ4v) is 2.36. The minimum absolute atomic E-state index is 0.111. The van der Waals surface area contributed by atoms with Gasteiger partial charge in [-0.3, -0.25) is 0 Å². The molecule has 0 fully saturated rings. The average molecular weight is 363 g/mol. The third kappa shape index (κ3) is 4.60. The molecule has 3 aromatic rings. The normalized spacial score (nSPS) is 11.1. The molecule has 0 aliphatic carbocycles. The van der Waals surface area contributed by atoms with Crippen molar-refractivity contribution >= 4 is 23.4 Å². The first kappa shape index (κ1) is 17.9. The van der Waals surface area contributed by atoms with Gasteiger partial charge in [0.25, 0.3) is 0 Å². The summed E-state index contributed by atoms with van der Waals surface area (Å²) >= 11 is 0. The molecule has 2 amide bonds. The van der Waals surface area contributed by atoms with E-state index in [2.05, 4.69) is 15.8 Å². The second-order valence-corrected chi connectivity index (χ2v) is 5.68. The van der Waals surface area contributed by atoms with Crippen molar-refractivity contribution in [3.63, 3.8) is 0 Å². The van der Waals surface area contributed by atoms with Crippen molar-refractivity contribution in [2.45, 2.75) is 6.92 Å². The van der Waals surface area contributed by atoms with E-state index in [9.17, 15) is 9.59 Å². The number of hydrogen-bond donors (Lipinski definition) is 3. The number of rotatable bonds is 5. The van der Waals surface area contributed by atoms with Gasteiger partial charge in [-0.05, 0) is 36.8 Å². The second-order valence-electron chi connectivity index (χ2n) is 5.68. The van der Waals surface area contributed by atoms with Gasteiger partial charge in [-0.1, -0.05) is 42.5 Å². The summed E-state index contributed by atoms with van der Waals surface area (Å²) in [4.78, 5) is 22.7. The molecule has 0 aliphatic rings. The van der Waals surface area contributed by atoms with Crippen LogP contribution in [0.5, 0.6) is 0 Å². The average Bonchev–Trinajstić information content (AvgIpc) is 3.18. The molecule has 27 heavy (non-hydrogen) atoms. The van der Waals surface area contributed by atoms with Gasteiger partial charge in [-0.2, -0.15) is 5.10 Å². The summed E-state index contributed by atoms with van der Waals surface area (Å²) in [6, 6.07) is 18.9. The Labute approximate surface area is 155 Å². The summed E-state index contributed by atoms with van der Waals surface area (Å²) in [5.41, 5.74) is 5.29. The van der Waals surface area contributed by atoms with Crippen LogP contribution in [0.2, 0.25) is 0 Å². The highest BCUT2D eigenvalue weighted by atomic mass is 16.4. The fraction of sp³-hybridized carbons (Fsp3) is 0.0500. The van der Waals surface area contributed by atoms with Crippen LogP contribution in [0, 0.1) is 0 Å². The van der Waals surface area contributed by atoms with Gasteiger partial charge in [0.15, 0.2) is 0 Å². The van der Waals surface area contributed by atoms with Crippen molar-refractivity contribution in [3.8, 4) is 11.3 Å². The number of benzene rings is 2. The van der Waals surface area contributed by atoms with E-state index in [0.29, 0.717) is 17.2 Å². The van der Waals surface area contributed by atoms with Gasteiger partial charge in [0.1, 0.15) is 5.76 Å². The number of furan rings is 1. The van der Waals surface area contributed by atoms with E-state index < -0.39 is 12.0 Å². The van der Waals surface area contributed by atoms with Crippen LogP contribution >= 0.6 is 0 Å². The highest BCUT2D eigenvalue weighted by Crippen LogP contribution is 2.22. The van der Waals surface area contributed by atoms with E-state index >= 15 is 0 Å². The number of urea groups is 1. The fourth-order valence-electron chi connectivity index (χ4n) is 2.36. The van der Waals surface area contributed by atoms with Crippen molar-refractivity contribution in [3.05, 3.63) is 78.1 Å². The number of hydrazone groups is 1. The van der Waals surface area contributed by atoms with Gasteiger partial charge in [0.2, 0.25) is 5.76 Å². The molecule has 136 valence electrons. The quantitative estimate of drug-likeness (QED) is 0.467. The number of hydrogen-bond acceptors (Lipinski definition) is 4. The molecule has 1 heterocycles. The lowest BCUT2D eigenvalue weighted by Gasteiger charge is -2.06. The molecule has 7 nitrogen and oxygen atoms in total. The molecule has 3 rings (SSSR count). The van der Waals surface area contributed by atoms with Crippen LogP contribution in [-0.4, -0.2) is 22.8 Å². The molecular formula is C20H17N3O4. The predicted octanol–water partition coefficient (Wildman–Crippen LogP) is 4.19. The molecule has 2 aromatic carbocycles. The van der Waals surface area contributed by atoms with Gasteiger partial charge in [-0.15, -0.1) is 0 Å². The molecule has 1 aromatic heterocycles. The third-order valence-corrected chi connectivity index (χ3v) is 3.76. The summed E-state index contributed by atoms with van der Waals surface area (Å²) in [6.45, 7) is 1.77. The molecule has 0 saturated heterocycles. The maximum Gasteiger partial charge on any atom is 0.371 e. The Kier molecular flexibility index (Phi) is 5.32. The van der Waals surface area contributed by atoms with Crippen LogP contribution in [0.4, 0.5) is 10.5 Å². The smallest absolute Gasteiger partial charge is 0.371 e. The molecule has 0 saturated carbocycles. The van der Waals surface area contributed by atoms with Crippen LogP contribution in [0.25, 0.3) is 11.3 Å². The van der Waals surface area contributed by atoms with Gasteiger partial charge >= 0.3 is 12.0 Å². The minimum Gasteiger partial charge on any atom is -0.475 e. The molecule has 0 spiro atoms. The van der Waals surface area contributed by atoms with E-state index in [1.807, 2.05) is 30.3 Å². The molecule has 0 bridgehead atoms. The number of nitrogens with one attached hydrogen (secondary N) is 2. The molecule has 0 radical (unpaired) electrons. The summed E-state index contributed by atoms with van der Waals surface area (Å²) in [6.07, 6.45) is 0. The van der Waals surface area contributed by atoms with Crippen LogP contribution in [0.3, 0.4) is 0 Å². The van der Waals surface area contributed by atoms with E-state index in [1.165, 1.54) is 6.07 Å². The first-order chi connectivity index (χ1) is 13.0. The van der Waals surface area contributed by atoms with Crippen LogP contribution in [0.15, 0.2) is 76.2 Å². The topological polar surface area (TPSA) is 104 Å². The maximum atomic E-state index is 11.9. The molecule has 3 N–H and O–H groups in total. The minimum atomic E-state index is -1.11. The number of anilines is 1. The number of carbonyl (C=O) groups excluding carboxylic acids is 1. The zero-order valence-corrected chi connectivity index (χ0v) is 14.5. The Bertz CT molecular complexity index is 976. The second kappa shape index (κ2) is 8.01. The molecule has 7 heteroatoms. The summed E-state index contributed by atoms with van der Waals surface area (Å²) in [5, 5.41) is 15.7. The highest BCUT2D eigenvalue weighted by molar-refractivity contribution is 6.00. The lowest BCUT2D eigenvalue weighted by Crippen LogP contribution is -2.25. The maximum absolute atomic E-state index is 11.9. The largest absolute Gasteiger partial charge is 0.475 e. The molecular weight excluding hydrogens is 346 g/mol. The van der Waals surface area contributed by atoms with E-state index in [-0.39, 0.29) is 5.76 Å². The molecule has 0 unspecified atom stereocenters. The van der Waals surface area contributed by atoms with Crippen LogP contribution < -0.4 is 10.7 Å². The van der Waals surface area contributed by atoms with E-state index in [4.69, 9.17) is 9.52 Å². The van der Waals surface area contributed by atoms with Gasteiger partial charge in [0.05, 0.1) is 5.71 Å². The number of carbonyl (C=O) groups is 2. The van der Waals surface area contributed by atoms with E-state index in [1.54, 1.807) is 37.3 Å². The number of para-hydroxylation sites is 1. The van der Waals surface area contributed by atoms with Crippen molar-refractivity contribution in [1.82, 2.24) is 5.43 Å². The lowest BCUT2D eigenvalue weighted by atomic mass is 10.1. The van der Waals surface area contributed by atoms with Gasteiger partial charge < -0.3 is 14.8 Å². The standard InChI is InChI=1S/C20H17N3O4/c1-13(22-23-20(26)21-16-5-3-2-4-6-16)14-7-9-15(10-8-14)17-11-12-18(27-17)19(24)25/h2-12H,1H3,(H,24,25)(H2,21,23,26)/b22-13-. The van der Waals surface area contributed by atoms with Crippen LogP contribution in [0.1, 0.15) is 23.0 Å². The SMILES string of the molecule is C/C(=N/NC(=O)Nc1ccccc1)c1ccc(-c2ccc(C(=O)O)o2)cc1. The Morgan fingerprint density at radius 2 is 1.67 bits per heavy atom. The van der Waals surface area contributed by atoms with E-state index in [0.717, 1.165) is 11.1 Å². The van der Waals surface area contributed by atoms with Gasteiger partial charge in [-0.25, -0.2) is 15.0 Å². The number of carboxylic acids is 1. The third-order valence-electron chi connectivity index (χ3n) is 3.76. The first-order valence-electron chi connectivity index (χ1n) is 8.13. The Balaban J connectivity index is 1.64. The molecule has 0 atom stereocenters. The zero-order chi connectivity index (χ0) is 19.2. The summed E-state index contributed by atoms with van der Waals surface area (Å²) in [5.74, 6) is -0.755. The number of carboxylic acid groups (broad SMARTS) is 1. The van der Waals surface area contributed by atoms with Crippen LogP contribution in [-0.2, 0) is 0 Å². The molecule has 0 aliphatic heterocycles. The lowest BCUT2D eigenvalue weighted by molar-refractivity contribution is 0.0663. The summed E-state index contributed by atoms with van der Waals surface area (Å²) in [7, 11) is 0. The van der Waals surface area contributed by atoms with Crippen molar-refractivity contribution < 1.29 is 19.1 Å². The number of aromatic carboxylic acids is 1. The summed E-state index contributed by atoms with van der Waals surface area (Å²) < 4.78 is 5.27. The monoisotopic (exact) mass is 363 g/mol. The van der Waals surface area contributed by atoms with Crippen molar-refractivity contribution in [2.75, 3.05) is 5.32 Å². The van der Waals surface area contributed by atoms with Gasteiger partial charge in [0, 0.05) is 11.3 Å². The predicted molar refractivity (Wildman–Crippen MR) is 102 cm³/mol.